The standard InChI is InChI=1S/C10H17N5O/c1-5-15(4)10-8(9(11)14-16)6(2)7(3)12-13-10/h16H,5H2,1-4H3,(H2,11,14). The Bertz CT molecular complexity index is 416. The smallest absolute Gasteiger partial charge is 0.174 e. The van der Waals surface area contributed by atoms with E-state index in [1.807, 2.05) is 32.7 Å². The summed E-state index contributed by atoms with van der Waals surface area (Å²) in [5.74, 6) is 0.687. The van der Waals surface area contributed by atoms with E-state index in [0.717, 1.165) is 17.8 Å². The number of aromatic nitrogens is 2. The SMILES string of the molecule is CCN(C)c1nnc(C)c(C)c1/C(N)=N/O. The molecule has 6 nitrogen and oxygen atoms in total. The van der Waals surface area contributed by atoms with Gasteiger partial charge in [0.05, 0.1) is 11.3 Å². The molecule has 0 saturated heterocycles. The van der Waals surface area contributed by atoms with Crippen LogP contribution < -0.4 is 10.6 Å². The van der Waals surface area contributed by atoms with Crippen LogP contribution in [0.4, 0.5) is 5.82 Å². The number of hydrogen-bond acceptors (Lipinski definition) is 5. The summed E-state index contributed by atoms with van der Waals surface area (Å²) in [5, 5.41) is 19.9. The zero-order valence-corrected chi connectivity index (χ0v) is 10.0. The fourth-order valence-electron chi connectivity index (χ4n) is 1.37. The predicted molar refractivity (Wildman–Crippen MR) is 63.0 cm³/mol. The van der Waals surface area contributed by atoms with Crippen molar-refractivity contribution in [3.05, 3.63) is 16.8 Å². The van der Waals surface area contributed by atoms with Gasteiger partial charge in [-0.2, -0.15) is 5.10 Å². The van der Waals surface area contributed by atoms with Crippen molar-refractivity contribution in [3.63, 3.8) is 0 Å². The molecule has 0 unspecified atom stereocenters. The maximum Gasteiger partial charge on any atom is 0.174 e. The van der Waals surface area contributed by atoms with Crippen LogP contribution in [0.1, 0.15) is 23.7 Å². The number of oxime groups is 1. The lowest BCUT2D eigenvalue weighted by Gasteiger charge is -2.19. The van der Waals surface area contributed by atoms with E-state index in [4.69, 9.17) is 10.9 Å². The fraction of sp³-hybridized carbons (Fsp3) is 0.500. The van der Waals surface area contributed by atoms with Gasteiger partial charge in [0.1, 0.15) is 0 Å². The van der Waals surface area contributed by atoms with E-state index in [0.29, 0.717) is 11.4 Å². The Labute approximate surface area is 94.8 Å². The molecule has 0 aromatic carbocycles. The maximum atomic E-state index is 8.78. The molecule has 0 aliphatic rings. The minimum atomic E-state index is 0.0609. The van der Waals surface area contributed by atoms with E-state index < -0.39 is 0 Å². The van der Waals surface area contributed by atoms with Crippen LogP contribution in [0.2, 0.25) is 0 Å². The molecule has 0 atom stereocenters. The number of nitrogens with two attached hydrogens (primary N) is 1. The van der Waals surface area contributed by atoms with Gasteiger partial charge in [-0.1, -0.05) is 5.16 Å². The topological polar surface area (TPSA) is 87.6 Å². The Morgan fingerprint density at radius 3 is 2.56 bits per heavy atom. The molecule has 1 aromatic rings. The third-order valence-electron chi connectivity index (χ3n) is 2.64. The van der Waals surface area contributed by atoms with E-state index >= 15 is 0 Å². The van der Waals surface area contributed by atoms with Crippen LogP contribution in [-0.4, -0.2) is 34.8 Å². The summed E-state index contributed by atoms with van der Waals surface area (Å²) in [7, 11) is 1.88. The van der Waals surface area contributed by atoms with Gasteiger partial charge in [-0.25, -0.2) is 0 Å². The summed E-state index contributed by atoms with van der Waals surface area (Å²) in [5.41, 5.74) is 7.95. The summed E-state index contributed by atoms with van der Waals surface area (Å²) in [4.78, 5) is 1.90. The number of rotatable bonds is 3. The first-order chi connectivity index (χ1) is 7.52. The molecule has 3 N–H and O–H groups in total. The zero-order chi connectivity index (χ0) is 12.3. The molecule has 0 aliphatic heterocycles. The molecule has 16 heavy (non-hydrogen) atoms. The van der Waals surface area contributed by atoms with Crippen molar-refractivity contribution in [1.29, 1.82) is 0 Å². The number of amidine groups is 1. The molecule has 6 heteroatoms. The molecular weight excluding hydrogens is 206 g/mol. The molecule has 1 heterocycles. The van der Waals surface area contributed by atoms with E-state index in [2.05, 4.69) is 15.4 Å². The Hall–Kier alpha value is -1.85. The highest BCUT2D eigenvalue weighted by Gasteiger charge is 2.17. The van der Waals surface area contributed by atoms with Gasteiger partial charge < -0.3 is 15.8 Å². The molecular formula is C10H17N5O. The van der Waals surface area contributed by atoms with Crippen LogP contribution in [-0.2, 0) is 0 Å². The Morgan fingerprint density at radius 1 is 1.44 bits per heavy atom. The van der Waals surface area contributed by atoms with Crippen molar-refractivity contribution in [1.82, 2.24) is 10.2 Å². The van der Waals surface area contributed by atoms with Gasteiger partial charge in [-0.15, -0.1) is 5.10 Å². The van der Waals surface area contributed by atoms with Crippen molar-refractivity contribution in [3.8, 4) is 0 Å². The van der Waals surface area contributed by atoms with Gasteiger partial charge in [0.15, 0.2) is 11.7 Å². The van der Waals surface area contributed by atoms with Gasteiger partial charge in [0.2, 0.25) is 0 Å². The minimum absolute atomic E-state index is 0.0609. The van der Waals surface area contributed by atoms with Crippen LogP contribution >= 0.6 is 0 Å². The second kappa shape index (κ2) is 4.78. The molecule has 0 aliphatic carbocycles. The van der Waals surface area contributed by atoms with Crippen molar-refractivity contribution >= 4 is 11.7 Å². The Morgan fingerprint density at radius 2 is 2.06 bits per heavy atom. The number of aryl methyl sites for hydroxylation is 1. The highest BCUT2D eigenvalue weighted by atomic mass is 16.4. The largest absolute Gasteiger partial charge is 0.409 e. The molecule has 0 saturated carbocycles. The average Bonchev–Trinajstić information content (AvgIpc) is 2.30. The van der Waals surface area contributed by atoms with E-state index in [1.165, 1.54) is 0 Å². The lowest BCUT2D eigenvalue weighted by atomic mass is 10.1. The normalized spacial score (nSPS) is 11.6. The second-order valence-corrected chi connectivity index (χ2v) is 3.61. The molecule has 0 bridgehead atoms. The monoisotopic (exact) mass is 223 g/mol. The summed E-state index contributed by atoms with van der Waals surface area (Å²) in [6, 6.07) is 0. The van der Waals surface area contributed by atoms with Crippen LogP contribution in [0.3, 0.4) is 0 Å². The van der Waals surface area contributed by atoms with Gasteiger partial charge in [0, 0.05) is 13.6 Å². The van der Waals surface area contributed by atoms with E-state index in [1.54, 1.807) is 0 Å². The first-order valence-corrected chi connectivity index (χ1v) is 5.05. The summed E-state index contributed by atoms with van der Waals surface area (Å²) < 4.78 is 0. The zero-order valence-electron chi connectivity index (χ0n) is 10.0. The highest BCUT2D eigenvalue weighted by Crippen LogP contribution is 2.20. The summed E-state index contributed by atoms with van der Waals surface area (Å²) >= 11 is 0. The van der Waals surface area contributed by atoms with Crippen molar-refractivity contribution in [2.75, 3.05) is 18.5 Å². The molecule has 0 fully saturated rings. The molecule has 0 amide bonds. The summed E-state index contributed by atoms with van der Waals surface area (Å²) in [6.45, 7) is 6.48. The van der Waals surface area contributed by atoms with Gasteiger partial charge in [0.25, 0.3) is 0 Å². The predicted octanol–water partition coefficient (Wildman–Crippen LogP) is 0.644. The van der Waals surface area contributed by atoms with E-state index in [9.17, 15) is 0 Å². The third kappa shape index (κ3) is 2.05. The van der Waals surface area contributed by atoms with Crippen LogP contribution in [0.25, 0.3) is 0 Å². The first-order valence-electron chi connectivity index (χ1n) is 5.05. The van der Waals surface area contributed by atoms with Gasteiger partial charge in [-0.05, 0) is 26.3 Å². The van der Waals surface area contributed by atoms with Gasteiger partial charge in [-0.3, -0.25) is 0 Å². The highest BCUT2D eigenvalue weighted by molar-refractivity contribution is 6.02. The third-order valence-corrected chi connectivity index (χ3v) is 2.64. The van der Waals surface area contributed by atoms with Crippen molar-refractivity contribution in [2.45, 2.75) is 20.8 Å². The van der Waals surface area contributed by atoms with Crippen molar-refractivity contribution in [2.24, 2.45) is 10.9 Å². The quantitative estimate of drug-likeness (QED) is 0.340. The fourth-order valence-corrected chi connectivity index (χ4v) is 1.37. The molecule has 1 rings (SSSR count). The first kappa shape index (κ1) is 12.2. The number of anilines is 1. The molecule has 1 aromatic heterocycles. The van der Waals surface area contributed by atoms with E-state index in [-0.39, 0.29) is 5.84 Å². The number of hydrogen-bond donors (Lipinski definition) is 2. The Kier molecular flexibility index (Phi) is 3.65. The lowest BCUT2D eigenvalue weighted by Crippen LogP contribution is -2.26. The van der Waals surface area contributed by atoms with Crippen LogP contribution in [0, 0.1) is 13.8 Å². The van der Waals surface area contributed by atoms with Crippen molar-refractivity contribution < 1.29 is 5.21 Å². The lowest BCUT2D eigenvalue weighted by molar-refractivity contribution is 0.318. The van der Waals surface area contributed by atoms with Crippen LogP contribution in [0.15, 0.2) is 5.16 Å². The maximum absolute atomic E-state index is 8.78. The molecule has 88 valence electrons. The average molecular weight is 223 g/mol. The van der Waals surface area contributed by atoms with Gasteiger partial charge >= 0.3 is 0 Å². The minimum Gasteiger partial charge on any atom is -0.409 e. The summed E-state index contributed by atoms with van der Waals surface area (Å²) in [6.07, 6.45) is 0. The molecule has 0 radical (unpaired) electrons. The number of nitrogens with zero attached hydrogens (tertiary/aromatic N) is 4. The molecule has 0 spiro atoms. The second-order valence-electron chi connectivity index (χ2n) is 3.61. The van der Waals surface area contributed by atoms with Crippen LogP contribution in [0.5, 0.6) is 0 Å². The Balaban J connectivity index is 3.45.